The largest absolute Gasteiger partial charge is 0.457 e. The molecule has 0 radical (unpaired) electrons. The van der Waals surface area contributed by atoms with Crippen LogP contribution in [0.25, 0.3) is 0 Å². The van der Waals surface area contributed by atoms with Gasteiger partial charge in [0.05, 0.1) is 5.41 Å². The molecular formula is C35H39F4NO2. The van der Waals surface area contributed by atoms with Crippen molar-refractivity contribution in [1.82, 2.24) is 0 Å². The van der Waals surface area contributed by atoms with E-state index in [0.717, 1.165) is 48.3 Å². The van der Waals surface area contributed by atoms with Crippen molar-refractivity contribution in [2.45, 2.75) is 96.3 Å². The highest BCUT2D eigenvalue weighted by atomic mass is 19.4. The summed E-state index contributed by atoms with van der Waals surface area (Å²) in [7, 11) is 0. The van der Waals surface area contributed by atoms with Gasteiger partial charge in [-0.1, -0.05) is 37.5 Å². The Balaban J connectivity index is 1.50. The van der Waals surface area contributed by atoms with E-state index in [4.69, 9.17) is 0 Å². The van der Waals surface area contributed by atoms with Gasteiger partial charge in [-0.15, -0.1) is 0 Å². The number of halogens is 4. The molecule has 3 nitrogen and oxygen atoms in total. The topological polar surface area (TPSA) is 37.4 Å². The molecule has 0 spiro atoms. The SMILES string of the molecule is CCC(=O)[C@@]1(C#CC(F)(F)F)CC[C@H]2[C@@H]3CC(F)C4=CC(=O)CCC4=C3[C@@H](c3ccc(N4CCCCC4)cc3)C[C@@]21C. The van der Waals surface area contributed by atoms with Crippen molar-refractivity contribution in [3.8, 4) is 11.8 Å². The maximum atomic E-state index is 15.9. The van der Waals surface area contributed by atoms with Gasteiger partial charge in [-0.25, -0.2) is 4.39 Å². The van der Waals surface area contributed by atoms with Gasteiger partial charge in [-0.05, 0) is 104 Å². The first kappa shape index (κ1) is 29.2. The maximum Gasteiger partial charge on any atom is 0.457 e. The Morgan fingerprint density at radius 3 is 2.48 bits per heavy atom. The Morgan fingerprint density at radius 1 is 1.10 bits per heavy atom. The first-order valence-electron chi connectivity index (χ1n) is 15.6. The number of rotatable bonds is 4. The summed E-state index contributed by atoms with van der Waals surface area (Å²) in [5.74, 6) is 3.13. The minimum atomic E-state index is -4.70. The lowest BCUT2D eigenvalue weighted by atomic mass is 9.48. The molecule has 224 valence electrons. The van der Waals surface area contributed by atoms with Crippen LogP contribution in [0, 0.1) is 34.5 Å². The van der Waals surface area contributed by atoms with Gasteiger partial charge in [0.25, 0.3) is 0 Å². The van der Waals surface area contributed by atoms with Crippen LogP contribution in [0.3, 0.4) is 0 Å². The Hall–Kier alpha value is -2.88. The van der Waals surface area contributed by atoms with Gasteiger partial charge in [0.2, 0.25) is 0 Å². The average molecular weight is 582 g/mol. The molecule has 0 aromatic heterocycles. The molecule has 42 heavy (non-hydrogen) atoms. The molecule has 1 unspecified atom stereocenters. The highest BCUT2D eigenvalue weighted by molar-refractivity contribution is 5.93. The fourth-order valence-electron chi connectivity index (χ4n) is 9.24. The number of anilines is 1. The molecule has 5 aliphatic rings. The molecule has 4 aliphatic carbocycles. The molecular weight excluding hydrogens is 542 g/mol. The fourth-order valence-corrected chi connectivity index (χ4v) is 9.24. The number of hydrogen-bond acceptors (Lipinski definition) is 3. The number of ketones is 2. The number of nitrogens with zero attached hydrogens (tertiary/aromatic N) is 1. The molecule has 1 aliphatic heterocycles. The zero-order valence-corrected chi connectivity index (χ0v) is 24.5. The van der Waals surface area contributed by atoms with Crippen LogP contribution in [-0.2, 0) is 9.59 Å². The predicted octanol–water partition coefficient (Wildman–Crippen LogP) is 8.06. The van der Waals surface area contributed by atoms with Crippen molar-refractivity contribution >= 4 is 17.3 Å². The number of carbonyl (C=O) groups excluding carboxylic acids is 2. The minimum Gasteiger partial charge on any atom is -0.372 e. The van der Waals surface area contributed by atoms with E-state index in [1.807, 2.05) is 6.92 Å². The highest BCUT2D eigenvalue weighted by Crippen LogP contribution is 2.70. The lowest BCUT2D eigenvalue weighted by Gasteiger charge is -2.55. The van der Waals surface area contributed by atoms with E-state index in [0.29, 0.717) is 31.3 Å². The molecule has 3 fully saturated rings. The van der Waals surface area contributed by atoms with Crippen LogP contribution in [0.15, 0.2) is 47.1 Å². The first-order chi connectivity index (χ1) is 20.0. The van der Waals surface area contributed by atoms with Crippen LogP contribution in [0.4, 0.5) is 23.2 Å². The van der Waals surface area contributed by atoms with Crippen molar-refractivity contribution in [3.63, 3.8) is 0 Å². The third-order valence-electron chi connectivity index (χ3n) is 11.2. The van der Waals surface area contributed by atoms with E-state index in [9.17, 15) is 22.8 Å². The molecule has 2 saturated carbocycles. The molecule has 1 aromatic carbocycles. The maximum absolute atomic E-state index is 15.9. The number of benzene rings is 1. The van der Waals surface area contributed by atoms with Crippen molar-refractivity contribution in [2.75, 3.05) is 18.0 Å². The van der Waals surface area contributed by atoms with Crippen LogP contribution >= 0.6 is 0 Å². The van der Waals surface area contributed by atoms with Crippen molar-refractivity contribution < 1.29 is 27.2 Å². The lowest BCUT2D eigenvalue weighted by Crippen LogP contribution is -2.51. The number of hydrogen-bond donors (Lipinski definition) is 0. The van der Waals surface area contributed by atoms with E-state index in [1.54, 1.807) is 6.92 Å². The van der Waals surface area contributed by atoms with Gasteiger partial charge < -0.3 is 4.90 Å². The summed E-state index contributed by atoms with van der Waals surface area (Å²) in [5, 5.41) is 0. The Kier molecular flexibility index (Phi) is 7.43. The van der Waals surface area contributed by atoms with E-state index in [1.165, 1.54) is 18.4 Å². The van der Waals surface area contributed by atoms with Gasteiger partial charge in [0.15, 0.2) is 11.6 Å². The van der Waals surface area contributed by atoms with E-state index in [2.05, 4.69) is 35.1 Å². The second kappa shape index (κ2) is 10.7. The summed E-state index contributed by atoms with van der Waals surface area (Å²) in [4.78, 5) is 28.4. The Labute approximate surface area is 245 Å². The van der Waals surface area contributed by atoms with Crippen molar-refractivity contribution in [2.24, 2.45) is 22.7 Å². The minimum absolute atomic E-state index is 0.0608. The molecule has 6 atom stereocenters. The zero-order valence-electron chi connectivity index (χ0n) is 24.5. The summed E-state index contributed by atoms with van der Waals surface area (Å²) in [6, 6.07) is 8.47. The van der Waals surface area contributed by atoms with E-state index in [-0.39, 0.29) is 48.6 Å². The standard InChI is InChI=1S/C35H39F4NO2/c1-3-31(42)34(15-16-35(37,38)39)14-13-29-27-20-30(36)26-19-24(41)11-12-25(26)32(27)28(21-33(29,34)2)22-7-9-23(10-8-22)40-17-5-4-6-18-40/h7-10,19,27-30H,3-6,11-14,17-18,20-21H2,1-2H3/t27-,28+,29-,30?,33-,34-/m0/s1. The quantitative estimate of drug-likeness (QED) is 0.267. The third-order valence-corrected chi connectivity index (χ3v) is 11.2. The second-order valence-corrected chi connectivity index (χ2v) is 13.2. The number of allylic oxidation sites excluding steroid dienone is 4. The normalized spacial score (nSPS) is 34.6. The monoisotopic (exact) mass is 581 g/mol. The fraction of sp³-hybridized carbons (Fsp3) is 0.600. The first-order valence-corrected chi connectivity index (χ1v) is 15.6. The number of fused-ring (bicyclic) bond motifs is 4. The van der Waals surface area contributed by atoms with Gasteiger partial charge >= 0.3 is 6.18 Å². The highest BCUT2D eigenvalue weighted by Gasteiger charge is 2.65. The van der Waals surface area contributed by atoms with Gasteiger partial charge in [-0.3, -0.25) is 9.59 Å². The summed E-state index contributed by atoms with van der Waals surface area (Å²) in [6.07, 6.45) is 1.37. The van der Waals surface area contributed by atoms with Crippen molar-refractivity contribution in [1.29, 1.82) is 0 Å². The van der Waals surface area contributed by atoms with Gasteiger partial charge in [-0.2, -0.15) is 13.2 Å². The van der Waals surface area contributed by atoms with Crippen LogP contribution < -0.4 is 4.90 Å². The molecule has 6 rings (SSSR count). The Morgan fingerprint density at radius 2 is 1.81 bits per heavy atom. The van der Waals surface area contributed by atoms with Crippen LogP contribution in [0.1, 0.15) is 89.5 Å². The second-order valence-electron chi connectivity index (χ2n) is 13.2. The van der Waals surface area contributed by atoms with Crippen LogP contribution in [-0.4, -0.2) is 37.0 Å². The number of Topliss-reactive ketones (excluding diaryl/α,β-unsaturated/α-hetero) is 1. The molecule has 1 heterocycles. The summed E-state index contributed by atoms with van der Waals surface area (Å²) >= 11 is 0. The van der Waals surface area contributed by atoms with Gasteiger partial charge in [0.1, 0.15) is 6.17 Å². The zero-order chi connectivity index (χ0) is 29.9. The predicted molar refractivity (Wildman–Crippen MR) is 155 cm³/mol. The van der Waals surface area contributed by atoms with Crippen LogP contribution in [0.5, 0.6) is 0 Å². The van der Waals surface area contributed by atoms with Crippen LogP contribution in [0.2, 0.25) is 0 Å². The molecule has 0 amide bonds. The smallest absolute Gasteiger partial charge is 0.372 e. The molecule has 1 aromatic rings. The number of carbonyl (C=O) groups is 2. The Bertz CT molecular complexity index is 1390. The molecule has 0 N–H and O–H groups in total. The van der Waals surface area contributed by atoms with Crippen molar-refractivity contribution in [3.05, 3.63) is 52.6 Å². The summed E-state index contributed by atoms with van der Waals surface area (Å²) in [5.41, 5.74) is 2.44. The molecule has 7 heteroatoms. The summed E-state index contributed by atoms with van der Waals surface area (Å²) < 4.78 is 56.3. The lowest BCUT2D eigenvalue weighted by molar-refractivity contribution is -0.132. The summed E-state index contributed by atoms with van der Waals surface area (Å²) in [6.45, 7) is 5.67. The molecule has 1 saturated heterocycles. The van der Waals surface area contributed by atoms with E-state index < -0.39 is 23.2 Å². The third kappa shape index (κ3) is 4.74. The van der Waals surface area contributed by atoms with E-state index >= 15 is 4.39 Å². The van der Waals surface area contributed by atoms with Gasteiger partial charge in [0, 0.05) is 43.5 Å². The number of alkyl halides is 4. The molecule has 0 bridgehead atoms. The average Bonchev–Trinajstić information content (AvgIpc) is 3.28. The number of piperidine rings is 1.